The summed E-state index contributed by atoms with van der Waals surface area (Å²) in [4.78, 5) is 13.2. The zero-order valence-corrected chi connectivity index (χ0v) is 16.2. The molecule has 130 valence electrons. The maximum Gasteiger partial charge on any atom is 0.197 e. The minimum absolute atomic E-state index is 0.0521. The Balaban J connectivity index is 2.40. The number of phenols is 2. The molecule has 1 heterocycles. The highest BCUT2D eigenvalue weighted by Gasteiger charge is 2.28. The SMILES string of the molecule is [B]c1c(O)c([B])c2oc(C(C)O)c(C(=O)c3cc(Cl)c(O)c(Br)c3)c2c1[B]. The number of phenolic OH excluding ortho intramolecular Hbond substituents is 2. The first-order valence-electron chi connectivity index (χ1n) is 7.58. The molecule has 1 aromatic heterocycles. The topological polar surface area (TPSA) is 90.9 Å². The smallest absolute Gasteiger partial charge is 0.197 e. The highest BCUT2D eigenvalue weighted by atomic mass is 79.9. The average molecular weight is 441 g/mol. The first-order chi connectivity index (χ1) is 12.6. The fraction of sp³-hybridized carbons (Fsp3) is 0.118. The van der Waals surface area contributed by atoms with Crippen molar-refractivity contribution in [1.29, 1.82) is 0 Å². The Morgan fingerprint density at radius 1 is 1.15 bits per heavy atom. The van der Waals surface area contributed by atoms with Gasteiger partial charge in [-0.3, -0.25) is 4.79 Å². The van der Waals surface area contributed by atoms with Crippen LogP contribution in [0.5, 0.6) is 11.5 Å². The predicted molar refractivity (Wildman–Crippen MR) is 109 cm³/mol. The maximum atomic E-state index is 13.2. The van der Waals surface area contributed by atoms with Crippen molar-refractivity contribution in [2.24, 2.45) is 0 Å². The first kappa shape index (κ1) is 19.9. The van der Waals surface area contributed by atoms with Gasteiger partial charge >= 0.3 is 0 Å². The van der Waals surface area contributed by atoms with Crippen molar-refractivity contribution in [3.8, 4) is 11.5 Å². The molecular formula is C17H9B3BrClO5. The van der Waals surface area contributed by atoms with Gasteiger partial charge in [-0.15, -0.1) is 0 Å². The number of hydrogen-bond acceptors (Lipinski definition) is 5. The summed E-state index contributed by atoms with van der Waals surface area (Å²) in [5, 5.41) is 29.9. The van der Waals surface area contributed by atoms with Crippen molar-refractivity contribution in [1.82, 2.24) is 0 Å². The number of halogens is 2. The summed E-state index contributed by atoms with van der Waals surface area (Å²) < 4.78 is 5.75. The van der Waals surface area contributed by atoms with Crippen LogP contribution in [-0.4, -0.2) is 44.6 Å². The van der Waals surface area contributed by atoms with Crippen LogP contribution in [0.25, 0.3) is 11.0 Å². The summed E-state index contributed by atoms with van der Waals surface area (Å²) in [7, 11) is 17.6. The molecule has 0 fully saturated rings. The second kappa shape index (κ2) is 6.97. The van der Waals surface area contributed by atoms with Crippen molar-refractivity contribution in [2.45, 2.75) is 13.0 Å². The molecule has 5 nitrogen and oxygen atoms in total. The number of carbonyl (C=O) groups is 1. The lowest BCUT2D eigenvalue weighted by Crippen LogP contribution is -2.32. The van der Waals surface area contributed by atoms with Crippen LogP contribution in [0.4, 0.5) is 0 Å². The molecule has 0 bridgehead atoms. The Labute approximate surface area is 171 Å². The number of carbonyl (C=O) groups excluding carboxylic acids is 1. The van der Waals surface area contributed by atoms with Crippen LogP contribution in [-0.2, 0) is 0 Å². The average Bonchev–Trinajstić information content (AvgIpc) is 3.02. The molecule has 0 saturated heterocycles. The standard InChI is InChI=1S/C17H9B3BrClO5/c1-4(23)16-9(13(24)5-2-6(21)14(25)7(22)3-5)8-10(18)11(19)15(26)12(20)17(8)27-16/h2-4,23,25-26H,1H3. The number of ketones is 1. The summed E-state index contributed by atoms with van der Waals surface area (Å²) in [6.45, 7) is 1.39. The van der Waals surface area contributed by atoms with Crippen LogP contribution in [0.2, 0.25) is 5.02 Å². The molecule has 6 radical (unpaired) electrons. The van der Waals surface area contributed by atoms with Crippen molar-refractivity contribution < 1.29 is 24.5 Å². The summed E-state index contributed by atoms with van der Waals surface area (Å²) in [6, 6.07) is 2.62. The molecule has 27 heavy (non-hydrogen) atoms. The zero-order valence-electron chi connectivity index (χ0n) is 13.9. The molecule has 0 amide bonds. The largest absolute Gasteiger partial charge is 0.509 e. The van der Waals surface area contributed by atoms with E-state index in [2.05, 4.69) is 15.9 Å². The molecule has 10 heteroatoms. The van der Waals surface area contributed by atoms with Gasteiger partial charge in [-0.1, -0.05) is 22.5 Å². The van der Waals surface area contributed by atoms with E-state index in [-0.39, 0.29) is 59.5 Å². The van der Waals surface area contributed by atoms with Gasteiger partial charge in [0.15, 0.2) is 5.78 Å². The monoisotopic (exact) mass is 440 g/mol. The Morgan fingerprint density at radius 2 is 1.78 bits per heavy atom. The van der Waals surface area contributed by atoms with Crippen LogP contribution < -0.4 is 16.4 Å². The van der Waals surface area contributed by atoms with Crippen LogP contribution >= 0.6 is 27.5 Å². The lowest BCUT2D eigenvalue weighted by molar-refractivity contribution is 0.102. The van der Waals surface area contributed by atoms with E-state index in [1.165, 1.54) is 19.1 Å². The van der Waals surface area contributed by atoms with E-state index in [0.717, 1.165) is 0 Å². The third-order valence-electron chi connectivity index (χ3n) is 4.14. The highest BCUT2D eigenvalue weighted by molar-refractivity contribution is 9.10. The van der Waals surface area contributed by atoms with Crippen LogP contribution in [0.15, 0.2) is 21.0 Å². The molecular weight excluding hydrogens is 432 g/mol. The lowest BCUT2D eigenvalue weighted by atomic mass is 9.73. The van der Waals surface area contributed by atoms with E-state index in [1.54, 1.807) is 0 Å². The second-order valence-electron chi connectivity index (χ2n) is 5.93. The number of aliphatic hydroxyl groups is 1. The molecule has 1 unspecified atom stereocenters. The summed E-state index contributed by atoms with van der Waals surface area (Å²) in [5.41, 5.74) is -0.565. The Morgan fingerprint density at radius 3 is 2.33 bits per heavy atom. The van der Waals surface area contributed by atoms with E-state index >= 15 is 0 Å². The Bertz CT molecular complexity index is 1090. The predicted octanol–water partition coefficient (Wildman–Crippen LogP) is 0.926. The fourth-order valence-electron chi connectivity index (χ4n) is 2.77. The zero-order chi connectivity index (χ0) is 20.2. The molecule has 0 saturated carbocycles. The molecule has 3 aromatic rings. The minimum Gasteiger partial charge on any atom is -0.509 e. The van der Waals surface area contributed by atoms with E-state index in [9.17, 15) is 20.1 Å². The number of hydrogen-bond donors (Lipinski definition) is 3. The molecule has 0 aliphatic carbocycles. The van der Waals surface area contributed by atoms with E-state index in [0.29, 0.717) is 0 Å². The van der Waals surface area contributed by atoms with Gasteiger partial charge in [-0.05, 0) is 40.4 Å². The van der Waals surface area contributed by atoms with Crippen LogP contribution in [0.1, 0.15) is 34.7 Å². The van der Waals surface area contributed by atoms with Crippen molar-refractivity contribution in [2.75, 3.05) is 0 Å². The van der Waals surface area contributed by atoms with Crippen molar-refractivity contribution in [3.05, 3.63) is 38.5 Å². The quantitative estimate of drug-likeness (QED) is 0.416. The summed E-state index contributed by atoms with van der Waals surface area (Å²) in [5.74, 6) is -1.39. The number of fused-ring (bicyclic) bond motifs is 1. The van der Waals surface area contributed by atoms with Gasteiger partial charge in [0.05, 0.1) is 15.1 Å². The number of aromatic hydroxyl groups is 2. The van der Waals surface area contributed by atoms with Gasteiger partial charge < -0.3 is 19.7 Å². The van der Waals surface area contributed by atoms with E-state index in [4.69, 9.17) is 39.6 Å². The summed E-state index contributed by atoms with van der Waals surface area (Å²) >= 11 is 9.06. The molecule has 2 aromatic carbocycles. The highest BCUT2D eigenvalue weighted by Crippen LogP contribution is 2.36. The molecule has 0 aliphatic heterocycles. The van der Waals surface area contributed by atoms with Crippen molar-refractivity contribution in [3.63, 3.8) is 0 Å². The van der Waals surface area contributed by atoms with Gasteiger partial charge in [0, 0.05) is 10.9 Å². The van der Waals surface area contributed by atoms with Crippen LogP contribution in [0, 0.1) is 0 Å². The van der Waals surface area contributed by atoms with E-state index in [1.807, 2.05) is 0 Å². The molecule has 1 atom stereocenters. The Hall–Kier alpha value is -1.83. The van der Waals surface area contributed by atoms with Crippen molar-refractivity contribution >= 4 is 84.2 Å². The molecule has 3 rings (SSSR count). The second-order valence-corrected chi connectivity index (χ2v) is 7.19. The number of furan rings is 1. The molecule has 3 N–H and O–H groups in total. The third-order valence-corrected chi connectivity index (χ3v) is 5.03. The molecule has 0 aliphatic rings. The van der Waals surface area contributed by atoms with Crippen LogP contribution in [0.3, 0.4) is 0 Å². The van der Waals surface area contributed by atoms with E-state index < -0.39 is 17.6 Å². The van der Waals surface area contributed by atoms with Gasteiger partial charge in [-0.2, -0.15) is 0 Å². The number of rotatable bonds is 3. The fourth-order valence-corrected chi connectivity index (χ4v) is 3.56. The maximum absolute atomic E-state index is 13.2. The molecule has 0 spiro atoms. The summed E-state index contributed by atoms with van der Waals surface area (Å²) in [6.07, 6.45) is -1.19. The number of aliphatic hydroxyl groups excluding tert-OH is 1. The third kappa shape index (κ3) is 3.08. The first-order valence-corrected chi connectivity index (χ1v) is 8.75. The van der Waals surface area contributed by atoms with Gasteiger partial charge in [0.2, 0.25) is 0 Å². The van der Waals surface area contributed by atoms with Gasteiger partial charge in [-0.25, -0.2) is 0 Å². The van der Waals surface area contributed by atoms with Gasteiger partial charge in [0.25, 0.3) is 0 Å². The lowest BCUT2D eigenvalue weighted by Gasteiger charge is -2.11. The minimum atomic E-state index is -1.19. The number of benzene rings is 2. The van der Waals surface area contributed by atoms with Gasteiger partial charge in [0.1, 0.15) is 52.5 Å². The Kier molecular flexibility index (Phi) is 5.14. The normalized spacial score (nSPS) is 12.4.